The number of aliphatic hydroxyl groups is 1. The second-order valence-corrected chi connectivity index (χ2v) is 9.66. The Morgan fingerprint density at radius 1 is 0.643 bits per heavy atom. The van der Waals surface area contributed by atoms with Gasteiger partial charge in [0.15, 0.2) is 0 Å². The lowest BCUT2D eigenvalue weighted by atomic mass is 10.0. The molecule has 0 aromatic carbocycles. The van der Waals surface area contributed by atoms with Gasteiger partial charge >= 0.3 is 0 Å². The van der Waals surface area contributed by atoms with Crippen molar-refractivity contribution in [2.75, 3.05) is 0 Å². The van der Waals surface area contributed by atoms with Gasteiger partial charge in [-0.2, -0.15) is 0 Å². The van der Waals surface area contributed by atoms with Crippen molar-refractivity contribution in [2.45, 2.75) is 141 Å². The molecule has 0 saturated carbocycles. The van der Waals surface area contributed by atoms with Gasteiger partial charge in [-0.1, -0.05) is 135 Å². The maximum atomic E-state index is 10.1. The van der Waals surface area contributed by atoms with Gasteiger partial charge < -0.3 is 5.11 Å². The largest absolute Gasteiger partial charge is 0.388 e. The van der Waals surface area contributed by atoms with E-state index in [4.69, 9.17) is 0 Å². The third-order valence-electron chi connectivity index (χ3n) is 5.95. The normalized spacial score (nSPS) is 12.5. The highest BCUT2D eigenvalue weighted by molar-refractivity contribution is 7.10. The molecule has 1 heterocycles. The molecular formula is C26H48OS. The van der Waals surface area contributed by atoms with E-state index in [1.54, 1.807) is 11.3 Å². The fraction of sp³-hybridized carbons (Fsp3) is 0.846. The van der Waals surface area contributed by atoms with E-state index >= 15 is 0 Å². The molecule has 1 aromatic heterocycles. The first-order valence-electron chi connectivity index (χ1n) is 12.6. The number of hydrogen-bond donors (Lipinski definition) is 1. The van der Waals surface area contributed by atoms with Crippen LogP contribution in [0, 0.1) is 0 Å². The molecule has 0 saturated heterocycles. The van der Waals surface area contributed by atoms with E-state index in [9.17, 15) is 5.11 Å². The van der Waals surface area contributed by atoms with Crippen LogP contribution in [0.3, 0.4) is 0 Å². The molecule has 0 spiro atoms. The lowest BCUT2D eigenvalue weighted by Gasteiger charge is -2.08. The molecule has 1 nitrogen and oxygen atoms in total. The Bertz CT molecular complexity index is 401. The summed E-state index contributed by atoms with van der Waals surface area (Å²) >= 11 is 1.67. The van der Waals surface area contributed by atoms with Crippen LogP contribution in [0.1, 0.15) is 146 Å². The van der Waals surface area contributed by atoms with Crippen LogP contribution in [0.5, 0.6) is 0 Å². The molecule has 1 aromatic rings. The summed E-state index contributed by atoms with van der Waals surface area (Å²) < 4.78 is 0. The van der Waals surface area contributed by atoms with Crippen molar-refractivity contribution in [3.05, 3.63) is 22.4 Å². The Kier molecular flexibility index (Phi) is 18.3. The Hall–Kier alpha value is -0.340. The lowest BCUT2D eigenvalue weighted by Crippen LogP contribution is -1.94. The predicted octanol–water partition coefficient (Wildman–Crippen LogP) is 9.60. The number of aliphatic hydroxyl groups excluding tert-OH is 1. The topological polar surface area (TPSA) is 20.2 Å². The lowest BCUT2D eigenvalue weighted by molar-refractivity contribution is 0.167. The van der Waals surface area contributed by atoms with Crippen molar-refractivity contribution >= 4 is 11.3 Å². The SMILES string of the molecule is CCCCCCCCCCCCCCCCCCCCCC(O)c1cccs1. The van der Waals surface area contributed by atoms with Gasteiger partial charge in [0, 0.05) is 4.88 Å². The zero-order chi connectivity index (χ0) is 20.1. The average Bonchev–Trinajstić information content (AvgIpc) is 3.24. The van der Waals surface area contributed by atoms with Gasteiger partial charge in [0.2, 0.25) is 0 Å². The van der Waals surface area contributed by atoms with Crippen LogP contribution < -0.4 is 0 Å². The number of rotatable bonds is 21. The molecule has 0 bridgehead atoms. The Morgan fingerprint density at radius 3 is 1.39 bits per heavy atom. The zero-order valence-corrected chi connectivity index (χ0v) is 19.6. The van der Waals surface area contributed by atoms with Gasteiger partial charge in [-0.05, 0) is 17.9 Å². The summed E-state index contributed by atoms with van der Waals surface area (Å²) in [6.07, 6.45) is 27.6. The molecule has 2 heteroatoms. The molecule has 0 fully saturated rings. The van der Waals surface area contributed by atoms with Crippen LogP contribution in [0.4, 0.5) is 0 Å². The fourth-order valence-electron chi connectivity index (χ4n) is 4.04. The van der Waals surface area contributed by atoms with Crippen LogP contribution in [0.2, 0.25) is 0 Å². The minimum absolute atomic E-state index is 0.231. The summed E-state index contributed by atoms with van der Waals surface area (Å²) in [5.41, 5.74) is 0. The van der Waals surface area contributed by atoms with Crippen LogP contribution in [-0.4, -0.2) is 5.11 Å². The minimum atomic E-state index is -0.231. The molecular weight excluding hydrogens is 360 g/mol. The predicted molar refractivity (Wildman–Crippen MR) is 127 cm³/mol. The van der Waals surface area contributed by atoms with Crippen molar-refractivity contribution in [3.8, 4) is 0 Å². The van der Waals surface area contributed by atoms with Gasteiger partial charge in [0.1, 0.15) is 0 Å². The van der Waals surface area contributed by atoms with Crippen LogP contribution in [0.25, 0.3) is 0 Å². The van der Waals surface area contributed by atoms with E-state index in [1.165, 1.54) is 116 Å². The van der Waals surface area contributed by atoms with Crippen LogP contribution in [-0.2, 0) is 0 Å². The molecule has 0 aliphatic carbocycles. The van der Waals surface area contributed by atoms with Gasteiger partial charge in [-0.25, -0.2) is 0 Å². The van der Waals surface area contributed by atoms with Crippen LogP contribution >= 0.6 is 11.3 Å². The first-order chi connectivity index (χ1) is 13.8. The molecule has 1 unspecified atom stereocenters. The molecule has 0 aliphatic heterocycles. The molecule has 0 aliphatic rings. The maximum absolute atomic E-state index is 10.1. The van der Waals surface area contributed by atoms with Crippen molar-refractivity contribution in [1.29, 1.82) is 0 Å². The van der Waals surface area contributed by atoms with E-state index in [-0.39, 0.29) is 6.10 Å². The van der Waals surface area contributed by atoms with Gasteiger partial charge in [-0.3, -0.25) is 0 Å². The maximum Gasteiger partial charge on any atom is 0.0882 e. The minimum Gasteiger partial charge on any atom is -0.388 e. The average molecular weight is 409 g/mol. The zero-order valence-electron chi connectivity index (χ0n) is 18.8. The van der Waals surface area contributed by atoms with E-state index in [2.05, 4.69) is 12.3 Å². The summed E-state index contributed by atoms with van der Waals surface area (Å²) in [4.78, 5) is 1.13. The monoisotopic (exact) mass is 408 g/mol. The third kappa shape index (κ3) is 15.6. The highest BCUT2D eigenvalue weighted by Crippen LogP contribution is 2.24. The molecule has 28 heavy (non-hydrogen) atoms. The first kappa shape index (κ1) is 25.7. The van der Waals surface area contributed by atoms with Crippen molar-refractivity contribution < 1.29 is 5.11 Å². The summed E-state index contributed by atoms with van der Waals surface area (Å²) in [6.45, 7) is 2.29. The number of thiophene rings is 1. The van der Waals surface area contributed by atoms with Gasteiger partial charge in [0.05, 0.1) is 6.10 Å². The van der Waals surface area contributed by atoms with E-state index in [1.807, 2.05) is 12.1 Å². The Balaban J connectivity index is 1.69. The van der Waals surface area contributed by atoms with Crippen molar-refractivity contribution in [1.82, 2.24) is 0 Å². The van der Waals surface area contributed by atoms with Crippen LogP contribution in [0.15, 0.2) is 17.5 Å². The molecule has 0 radical (unpaired) electrons. The fourth-order valence-corrected chi connectivity index (χ4v) is 4.79. The Labute approximate surface area is 180 Å². The quantitative estimate of drug-likeness (QED) is 0.201. The third-order valence-corrected chi connectivity index (χ3v) is 6.93. The first-order valence-corrected chi connectivity index (χ1v) is 13.4. The molecule has 1 atom stereocenters. The summed E-state index contributed by atoms with van der Waals surface area (Å²) in [7, 11) is 0. The van der Waals surface area contributed by atoms with Gasteiger partial charge in [0.25, 0.3) is 0 Å². The van der Waals surface area contributed by atoms with Crippen molar-refractivity contribution in [2.24, 2.45) is 0 Å². The molecule has 0 amide bonds. The second kappa shape index (κ2) is 20.0. The molecule has 1 N–H and O–H groups in total. The molecule has 1 rings (SSSR count). The smallest absolute Gasteiger partial charge is 0.0882 e. The van der Waals surface area contributed by atoms with Gasteiger partial charge in [-0.15, -0.1) is 11.3 Å². The number of hydrogen-bond acceptors (Lipinski definition) is 2. The highest BCUT2D eigenvalue weighted by atomic mass is 32.1. The molecule has 164 valence electrons. The highest BCUT2D eigenvalue weighted by Gasteiger charge is 2.07. The standard InChI is InChI=1S/C26H48OS/c1-2-3-4-5-6-7-8-9-10-11-12-13-14-15-16-17-18-19-20-22-25(27)26-23-21-24-28-26/h21,23-25,27H,2-20,22H2,1H3. The Morgan fingerprint density at radius 2 is 1.04 bits per heavy atom. The summed E-state index contributed by atoms with van der Waals surface area (Å²) in [5, 5.41) is 12.1. The number of unbranched alkanes of at least 4 members (excludes halogenated alkanes) is 18. The van der Waals surface area contributed by atoms with Crippen molar-refractivity contribution in [3.63, 3.8) is 0 Å². The van der Waals surface area contributed by atoms with E-state index in [0.717, 1.165) is 17.7 Å². The van der Waals surface area contributed by atoms with E-state index < -0.39 is 0 Å². The summed E-state index contributed by atoms with van der Waals surface area (Å²) in [6, 6.07) is 4.07. The summed E-state index contributed by atoms with van der Waals surface area (Å²) in [5.74, 6) is 0. The second-order valence-electron chi connectivity index (χ2n) is 8.68. The van der Waals surface area contributed by atoms with E-state index in [0.29, 0.717) is 0 Å².